The zero-order valence-corrected chi connectivity index (χ0v) is 19.8. The number of nitriles is 3. The minimum atomic E-state index is -2.87. The van der Waals surface area contributed by atoms with Gasteiger partial charge in [-0.1, -0.05) is 27.7 Å². The van der Waals surface area contributed by atoms with Crippen LogP contribution >= 0.6 is 0 Å². The Kier molecular flexibility index (Phi) is 8.85. The van der Waals surface area contributed by atoms with Gasteiger partial charge in [0.2, 0.25) is 0 Å². The van der Waals surface area contributed by atoms with Crippen LogP contribution in [0.2, 0.25) is 0 Å². The summed E-state index contributed by atoms with van der Waals surface area (Å²) < 4.78 is 119. The van der Waals surface area contributed by atoms with Crippen LogP contribution in [0.15, 0.2) is 11.1 Å². The Morgan fingerprint density at radius 1 is 0.541 bits per heavy atom. The standard InChI is InChI=1S/C26H17F8N3/c1-10(2)12(7-35)5-14-19(27)23(31)17(24(32)20(14)28)16(9-37)18-25(33)21(29)15(22(30)26(18)34)6-13(8-36)11(3)4/h5-6,10-11,16H,1-4H3. The predicted octanol–water partition coefficient (Wildman–Crippen LogP) is 7.58. The molecule has 0 unspecified atom stereocenters. The van der Waals surface area contributed by atoms with E-state index in [1.807, 2.05) is 0 Å². The lowest BCUT2D eigenvalue weighted by atomic mass is 9.87. The Bertz CT molecular complexity index is 1290. The fourth-order valence-electron chi connectivity index (χ4n) is 3.33. The molecule has 0 aliphatic rings. The van der Waals surface area contributed by atoms with Crippen molar-refractivity contribution in [3.63, 3.8) is 0 Å². The summed E-state index contributed by atoms with van der Waals surface area (Å²) in [4.78, 5) is 0. The number of hydrogen-bond donors (Lipinski definition) is 0. The van der Waals surface area contributed by atoms with Crippen LogP contribution in [0, 0.1) is 92.4 Å². The molecule has 0 bridgehead atoms. The molecular weight excluding hydrogens is 506 g/mol. The molecule has 37 heavy (non-hydrogen) atoms. The van der Waals surface area contributed by atoms with E-state index in [-0.39, 0.29) is 11.1 Å². The maximum atomic E-state index is 14.9. The summed E-state index contributed by atoms with van der Waals surface area (Å²) in [5.41, 5.74) is -6.89. The molecule has 11 heteroatoms. The molecule has 0 fully saturated rings. The Labute approximate surface area is 207 Å². The van der Waals surface area contributed by atoms with E-state index in [2.05, 4.69) is 0 Å². The lowest BCUT2D eigenvalue weighted by Crippen LogP contribution is -2.16. The largest absolute Gasteiger partial charge is 0.203 e. The number of halogens is 8. The molecule has 0 heterocycles. The van der Waals surface area contributed by atoms with Gasteiger partial charge in [0.05, 0.1) is 40.5 Å². The third-order valence-electron chi connectivity index (χ3n) is 5.47. The fraction of sp³-hybridized carbons (Fsp3) is 0.269. The Balaban J connectivity index is 2.92. The molecule has 2 aromatic rings. The highest BCUT2D eigenvalue weighted by Gasteiger charge is 2.37. The highest BCUT2D eigenvalue weighted by Crippen LogP contribution is 2.38. The molecule has 192 valence electrons. The Morgan fingerprint density at radius 2 is 0.811 bits per heavy atom. The van der Waals surface area contributed by atoms with Gasteiger partial charge in [-0.05, 0) is 24.0 Å². The quantitative estimate of drug-likeness (QED) is 0.223. The van der Waals surface area contributed by atoms with Crippen LogP contribution in [0.25, 0.3) is 12.2 Å². The van der Waals surface area contributed by atoms with Gasteiger partial charge >= 0.3 is 0 Å². The Hall–Kier alpha value is -4.17. The molecule has 0 aliphatic carbocycles. The molecule has 0 aromatic heterocycles. The molecule has 0 saturated carbocycles. The highest BCUT2D eigenvalue weighted by atomic mass is 19.2. The summed E-state index contributed by atoms with van der Waals surface area (Å²) in [5, 5.41) is 27.6. The second-order valence-corrected chi connectivity index (χ2v) is 8.46. The average molecular weight is 523 g/mol. The average Bonchev–Trinajstić information content (AvgIpc) is 2.85. The first-order valence-corrected chi connectivity index (χ1v) is 10.6. The van der Waals surface area contributed by atoms with E-state index in [0.717, 1.165) is 6.07 Å². The van der Waals surface area contributed by atoms with E-state index < -0.39 is 86.5 Å². The molecule has 3 nitrogen and oxygen atoms in total. The zero-order chi connectivity index (χ0) is 28.4. The highest BCUT2D eigenvalue weighted by molar-refractivity contribution is 5.62. The van der Waals surface area contributed by atoms with Gasteiger partial charge in [0, 0.05) is 11.1 Å². The van der Waals surface area contributed by atoms with Crippen LogP contribution in [-0.4, -0.2) is 0 Å². The van der Waals surface area contributed by atoms with Crippen LogP contribution in [0.3, 0.4) is 0 Å². The number of nitrogens with zero attached hydrogens (tertiary/aromatic N) is 3. The van der Waals surface area contributed by atoms with E-state index in [0.29, 0.717) is 12.2 Å². The number of allylic oxidation sites excluding steroid dienone is 2. The summed E-state index contributed by atoms with van der Waals surface area (Å²) in [6.07, 6.45) is 1.05. The van der Waals surface area contributed by atoms with Gasteiger partial charge < -0.3 is 0 Å². The third-order valence-corrected chi connectivity index (χ3v) is 5.47. The minimum absolute atomic E-state index is 0.274. The van der Waals surface area contributed by atoms with Crippen molar-refractivity contribution >= 4 is 12.2 Å². The molecule has 0 N–H and O–H groups in total. The van der Waals surface area contributed by atoms with Gasteiger partial charge in [-0.25, -0.2) is 35.1 Å². The number of rotatable bonds is 6. The maximum Gasteiger partial charge on any atom is 0.169 e. The second kappa shape index (κ2) is 11.3. The number of benzene rings is 2. The van der Waals surface area contributed by atoms with Gasteiger partial charge in [-0.15, -0.1) is 0 Å². The molecule has 0 radical (unpaired) electrons. The van der Waals surface area contributed by atoms with Crippen molar-refractivity contribution in [2.45, 2.75) is 33.6 Å². The van der Waals surface area contributed by atoms with E-state index in [1.165, 1.54) is 27.7 Å². The summed E-state index contributed by atoms with van der Waals surface area (Å²) in [6.45, 7) is 5.80. The van der Waals surface area contributed by atoms with Crippen LogP contribution in [0.5, 0.6) is 0 Å². The zero-order valence-electron chi connectivity index (χ0n) is 19.8. The van der Waals surface area contributed by atoms with Crippen molar-refractivity contribution < 1.29 is 35.1 Å². The summed E-state index contributed by atoms with van der Waals surface area (Å²) in [6, 6.07) is 4.22. The smallest absolute Gasteiger partial charge is 0.169 e. The maximum absolute atomic E-state index is 14.9. The van der Waals surface area contributed by atoms with Gasteiger partial charge in [0.25, 0.3) is 0 Å². The second-order valence-electron chi connectivity index (χ2n) is 8.46. The van der Waals surface area contributed by atoms with Gasteiger partial charge in [0.1, 0.15) is 5.92 Å². The van der Waals surface area contributed by atoms with Crippen molar-refractivity contribution in [1.29, 1.82) is 15.8 Å². The monoisotopic (exact) mass is 523 g/mol. The van der Waals surface area contributed by atoms with Crippen LogP contribution < -0.4 is 0 Å². The van der Waals surface area contributed by atoms with Gasteiger partial charge in [-0.2, -0.15) is 15.8 Å². The minimum Gasteiger partial charge on any atom is -0.203 e. The lowest BCUT2D eigenvalue weighted by molar-refractivity contribution is 0.419. The van der Waals surface area contributed by atoms with Crippen molar-refractivity contribution in [1.82, 2.24) is 0 Å². The van der Waals surface area contributed by atoms with Crippen molar-refractivity contribution in [3.05, 3.63) is 79.9 Å². The molecule has 0 spiro atoms. The first-order chi connectivity index (χ1) is 17.2. The topological polar surface area (TPSA) is 71.4 Å². The van der Waals surface area contributed by atoms with E-state index in [4.69, 9.17) is 10.5 Å². The van der Waals surface area contributed by atoms with Crippen molar-refractivity contribution in [2.75, 3.05) is 0 Å². The third kappa shape index (κ3) is 5.20. The SMILES string of the molecule is CC(C)C(C#N)=Cc1c(F)c(F)c(C(C#N)c2c(F)c(F)c(C=C(C#N)C(C)C)c(F)c2F)c(F)c1F. The van der Waals surface area contributed by atoms with Crippen LogP contribution in [0.1, 0.15) is 55.9 Å². The van der Waals surface area contributed by atoms with E-state index >= 15 is 0 Å². The predicted molar refractivity (Wildman–Crippen MR) is 117 cm³/mol. The molecule has 0 saturated heterocycles. The summed E-state index contributed by atoms with van der Waals surface area (Å²) in [5.74, 6) is -21.5. The first kappa shape index (κ1) is 29.1. The molecule has 2 rings (SSSR count). The van der Waals surface area contributed by atoms with Crippen molar-refractivity contribution in [3.8, 4) is 18.2 Å². The number of hydrogen-bond acceptors (Lipinski definition) is 3. The summed E-state index contributed by atoms with van der Waals surface area (Å²) in [7, 11) is 0. The van der Waals surface area contributed by atoms with E-state index in [9.17, 15) is 40.4 Å². The molecule has 2 aromatic carbocycles. The van der Waals surface area contributed by atoms with E-state index in [1.54, 1.807) is 12.1 Å². The summed E-state index contributed by atoms with van der Waals surface area (Å²) >= 11 is 0. The van der Waals surface area contributed by atoms with Crippen molar-refractivity contribution in [2.24, 2.45) is 11.8 Å². The molecule has 0 amide bonds. The van der Waals surface area contributed by atoms with Gasteiger partial charge in [0.15, 0.2) is 46.5 Å². The van der Waals surface area contributed by atoms with Gasteiger partial charge in [-0.3, -0.25) is 0 Å². The molecule has 0 aliphatic heterocycles. The lowest BCUT2D eigenvalue weighted by Gasteiger charge is -2.18. The Morgan fingerprint density at radius 3 is 1.00 bits per heavy atom. The molecule has 0 atom stereocenters. The van der Waals surface area contributed by atoms with Crippen LogP contribution in [0.4, 0.5) is 35.1 Å². The van der Waals surface area contributed by atoms with Crippen LogP contribution in [-0.2, 0) is 0 Å². The normalized spacial score (nSPS) is 12.9. The fourth-order valence-corrected chi connectivity index (χ4v) is 3.33. The molecular formula is C26H17F8N3. The first-order valence-electron chi connectivity index (χ1n) is 10.6.